The molecule has 0 aliphatic carbocycles. The van der Waals surface area contributed by atoms with Gasteiger partial charge >= 0.3 is 11.9 Å². The number of nitrogens with one attached hydrogen (secondary N) is 8. The van der Waals surface area contributed by atoms with Crippen LogP contribution >= 0.6 is 11.8 Å². The fourth-order valence-corrected chi connectivity index (χ4v) is 14.8. The van der Waals surface area contributed by atoms with Gasteiger partial charge in [0.05, 0.1) is 55.7 Å². The number of hydrogen-bond acceptors (Lipinski definition) is 23. The van der Waals surface area contributed by atoms with Crippen LogP contribution in [0.5, 0.6) is 5.75 Å². The lowest BCUT2D eigenvalue weighted by Gasteiger charge is -2.30. The minimum atomic E-state index is -1.63. The predicted octanol–water partition coefficient (Wildman–Crippen LogP) is 1.48. The van der Waals surface area contributed by atoms with Gasteiger partial charge in [-0.05, 0) is 130 Å². The Labute approximate surface area is 694 Å². The van der Waals surface area contributed by atoms with Crippen LogP contribution in [0.25, 0.3) is 10.9 Å². The number of carbonyl (C=O) groups is 15. The number of nitrogens with two attached hydrogens (primary N) is 4. The fraction of sp³-hybridized carbons (Fsp3) is 0.530. The van der Waals surface area contributed by atoms with E-state index in [1.807, 2.05) is 12.1 Å². The number of benzene rings is 3. The van der Waals surface area contributed by atoms with E-state index in [0.29, 0.717) is 52.5 Å². The van der Waals surface area contributed by atoms with Crippen molar-refractivity contribution in [1.29, 1.82) is 0 Å². The number of Topliss-reactive ketones (excluding diaryl/α,β-unsaturated/α-hetero) is 6. The lowest BCUT2D eigenvalue weighted by Crippen LogP contribution is -2.52. The first-order chi connectivity index (χ1) is 56.8. The number of fused-ring (bicyclic) bond motifs is 1. The maximum absolute atomic E-state index is 15.3. The van der Waals surface area contributed by atoms with Crippen molar-refractivity contribution >= 4 is 117 Å². The van der Waals surface area contributed by atoms with Crippen molar-refractivity contribution in [2.24, 2.45) is 63.4 Å². The number of para-hydroxylation sites is 1. The average Bonchev–Trinajstić information content (AvgIpc) is 1.65. The highest BCUT2D eigenvalue weighted by Crippen LogP contribution is 2.29. The van der Waals surface area contributed by atoms with Gasteiger partial charge in [0, 0.05) is 130 Å². The number of aromatic nitrogens is 3. The molecule has 3 heterocycles. The highest BCUT2D eigenvalue weighted by molar-refractivity contribution is 7.98. The van der Waals surface area contributed by atoms with Gasteiger partial charge in [-0.15, -0.1) is 0 Å². The SMILES string of the molecule is CSCC[C@H](CC(=O)[C@H](CO)NC(=O)[C@@H](CC(=O)[C@@H](N)CO)Cc1ccc(O)cc1)C(=O)N[C@@H](CCC(=O)O)C(=O)C[C@@H](Cc1cnc[nH]1)C(=O)N[C@@H](Cc1ccccc1)C(=O)C[C@@H](CCCN=C(N)N)C(=O)N[C@@H](Cc1c[nH]c2ccccc12)C(=O)CCC(=O)N[C@@H](CCCCN)C(=O)N1CCC[C@H]1C(=O)C[C@H](C(=O)NCC(=O)O)C(C)C. The van der Waals surface area contributed by atoms with Crippen LogP contribution in [0.2, 0.25) is 0 Å². The number of imidazole rings is 1. The van der Waals surface area contributed by atoms with E-state index in [9.17, 15) is 83.1 Å². The maximum Gasteiger partial charge on any atom is 0.322 e. The first-order valence-electron chi connectivity index (χ1n) is 40.1. The third-order valence-electron chi connectivity index (χ3n) is 21.1. The number of H-pyrrole nitrogens is 2. The van der Waals surface area contributed by atoms with Gasteiger partial charge in [-0.25, -0.2) is 4.98 Å². The fourth-order valence-electron chi connectivity index (χ4n) is 14.3. The Balaban J connectivity index is 1.25. The third kappa shape index (κ3) is 32.3. The number of hydrogen-bond donors (Lipinski definition) is 17. The zero-order valence-corrected chi connectivity index (χ0v) is 68.3. The summed E-state index contributed by atoms with van der Waals surface area (Å²) in [5.41, 5.74) is 25.7. The van der Waals surface area contributed by atoms with E-state index in [1.165, 1.54) is 53.5 Å². The van der Waals surface area contributed by atoms with Gasteiger partial charge in [0.25, 0.3) is 0 Å². The Morgan fingerprint density at radius 2 is 1.18 bits per heavy atom. The Morgan fingerprint density at radius 1 is 0.588 bits per heavy atom. The Bertz CT molecular complexity index is 4270. The summed E-state index contributed by atoms with van der Waals surface area (Å²) in [6, 6.07) is 12.0. The number of carboxylic acids is 2. The summed E-state index contributed by atoms with van der Waals surface area (Å²) in [6.45, 7) is 1.54. The summed E-state index contributed by atoms with van der Waals surface area (Å²) in [5, 5.41) is 65.8. The summed E-state index contributed by atoms with van der Waals surface area (Å²) < 4.78 is 0. The van der Waals surface area contributed by atoms with Crippen molar-refractivity contribution in [3.05, 3.63) is 120 Å². The number of thioether (sulfide) groups is 1. The number of carboxylic acid groups (broad SMARTS) is 2. The predicted molar refractivity (Wildman–Crippen MR) is 441 cm³/mol. The highest BCUT2D eigenvalue weighted by Gasteiger charge is 2.41. The number of aromatic hydroxyl groups is 1. The van der Waals surface area contributed by atoms with Gasteiger partial charge in [-0.1, -0.05) is 74.5 Å². The molecule has 5 aromatic rings. The number of phenols is 1. The van der Waals surface area contributed by atoms with Crippen LogP contribution in [0, 0.1) is 35.5 Å². The molecule has 0 unspecified atom stereocenters. The standard InChI is InChI=1S/C83H115N15O20S/c1-48(2)59(81(117)91-44-76(111)112)41-73(107)67-19-12-31-98(67)82(118)63(18-9-10-29-84)93-74(108)26-25-68(102)65(36-55-42-90-61-17-8-7-16-58(55)61)96-77(113)51(15-11-30-89-83(86)87)37-71(105)64(34-49-13-5-4-6-14-49)95-80(116)54(35-56-43-88-47-92-56)40-70(104)62(24-27-75(109)110)94-78(114)52(28-32-119-3)38-72(106)66(46-100)97-79(115)53(39-69(103)60(85)45-99)33-50-20-22-57(101)23-21-50/h4-8,13-14,16-17,20-23,42-43,47-48,51-54,59-60,62-67,90,99-101H,9-12,15,18-19,24-41,44-46,84-85H2,1-3H3,(H,88,92)(H,91,117)(H,93,108)(H,94,114)(H,95,116)(H,96,113)(H,97,115)(H,109,110)(H,111,112)(H4,86,87,89)/t51-,52-,53-,54-,59+,60+,62+,63+,64+,65+,66+,67+/m1/s1. The summed E-state index contributed by atoms with van der Waals surface area (Å²) in [7, 11) is 0. The molecule has 36 heteroatoms. The van der Waals surface area contributed by atoms with E-state index in [4.69, 9.17) is 22.9 Å². The first-order valence-corrected chi connectivity index (χ1v) is 41.5. The Kier molecular flexibility index (Phi) is 40.6. The molecule has 0 radical (unpaired) electrons. The average molecular weight is 1670 g/mol. The topological polar surface area (TPSA) is 594 Å². The number of aliphatic carboxylic acids is 2. The number of amides is 7. The number of guanidine groups is 1. The molecule has 0 spiro atoms. The van der Waals surface area contributed by atoms with Crippen molar-refractivity contribution < 1.29 is 97.5 Å². The first kappa shape index (κ1) is 96.8. The number of phenolic OH excluding ortho intramolecular Hbond substituents is 1. The summed E-state index contributed by atoms with van der Waals surface area (Å²) >= 11 is 1.30. The van der Waals surface area contributed by atoms with Crippen LogP contribution in [0.1, 0.15) is 145 Å². The van der Waals surface area contributed by atoms with Gasteiger partial charge < -0.3 is 95.2 Å². The van der Waals surface area contributed by atoms with E-state index >= 15 is 14.4 Å². The van der Waals surface area contributed by atoms with Crippen LogP contribution in [-0.2, 0) is 97.6 Å². The second-order valence-corrected chi connectivity index (χ2v) is 31.4. The molecule has 21 N–H and O–H groups in total. The zero-order chi connectivity index (χ0) is 87.3. The van der Waals surface area contributed by atoms with Gasteiger partial charge in [0.2, 0.25) is 41.4 Å². The van der Waals surface area contributed by atoms with Crippen molar-refractivity contribution in [3.8, 4) is 5.75 Å². The molecule has 3 aromatic carbocycles. The molecule has 6 rings (SSSR count). The molecule has 1 aliphatic rings. The zero-order valence-electron chi connectivity index (χ0n) is 67.5. The number of likely N-dealkylation sites (tertiary alicyclic amines) is 1. The molecule has 1 aliphatic heterocycles. The lowest BCUT2D eigenvalue weighted by atomic mass is 9.87. The monoisotopic (exact) mass is 1670 g/mol. The van der Waals surface area contributed by atoms with Gasteiger partial charge in [0.1, 0.15) is 24.4 Å². The Morgan fingerprint density at radius 3 is 1.81 bits per heavy atom. The number of unbranched alkanes of at least 4 members (excludes halogenated alkanes) is 1. The molecule has 0 saturated carbocycles. The van der Waals surface area contributed by atoms with Crippen molar-refractivity contribution in [2.75, 3.05) is 51.4 Å². The number of carbonyl (C=O) groups excluding carboxylic acids is 13. The normalized spacial score (nSPS) is 15.4. The number of aliphatic hydroxyl groups excluding tert-OH is 2. The molecule has 0 bridgehead atoms. The molecule has 1 fully saturated rings. The molecular formula is C83H115N15O20S. The molecule has 1 saturated heterocycles. The van der Waals surface area contributed by atoms with Gasteiger partial charge in [0.15, 0.2) is 40.7 Å². The molecular weight excluding hydrogens is 1560 g/mol. The lowest BCUT2D eigenvalue weighted by molar-refractivity contribution is -0.142. The van der Waals surface area contributed by atoms with Crippen LogP contribution in [-0.4, -0.2) is 233 Å². The van der Waals surface area contributed by atoms with E-state index in [0.717, 1.165) is 0 Å². The highest BCUT2D eigenvalue weighted by atomic mass is 32.2. The molecule has 648 valence electrons. The molecule has 7 amide bonds. The summed E-state index contributed by atoms with van der Waals surface area (Å²) in [5.74, 6) is -18.4. The van der Waals surface area contributed by atoms with Crippen molar-refractivity contribution in [2.45, 2.75) is 191 Å². The minimum absolute atomic E-state index is 0.00247. The van der Waals surface area contributed by atoms with Gasteiger partial charge in [-0.2, -0.15) is 11.8 Å². The largest absolute Gasteiger partial charge is 0.508 e. The second kappa shape index (κ2) is 50.0. The number of aromatic amines is 2. The number of rotatable bonds is 57. The van der Waals surface area contributed by atoms with Crippen LogP contribution in [0.15, 0.2) is 103 Å². The number of nitrogens with zero attached hydrogens (tertiary/aromatic N) is 3. The van der Waals surface area contributed by atoms with E-state index in [2.05, 4.69) is 51.8 Å². The third-order valence-corrected chi connectivity index (χ3v) is 21.7. The van der Waals surface area contributed by atoms with Gasteiger partial charge in [-0.3, -0.25) is 76.9 Å². The summed E-state index contributed by atoms with van der Waals surface area (Å²) in [4.78, 5) is 226. The number of ketones is 6. The number of aliphatic imine (C=N–C) groups is 1. The van der Waals surface area contributed by atoms with Crippen molar-refractivity contribution in [1.82, 2.24) is 51.8 Å². The second-order valence-electron chi connectivity index (χ2n) is 30.4. The molecule has 119 heavy (non-hydrogen) atoms. The summed E-state index contributed by atoms with van der Waals surface area (Å²) in [6.07, 6.45) is 2.48. The smallest absolute Gasteiger partial charge is 0.322 e. The van der Waals surface area contributed by atoms with Crippen LogP contribution < -0.4 is 54.8 Å². The van der Waals surface area contributed by atoms with E-state index in [-0.39, 0.29) is 107 Å². The minimum Gasteiger partial charge on any atom is -0.508 e. The molecule has 2 aromatic heterocycles. The maximum atomic E-state index is 15.3. The number of aliphatic hydroxyl groups is 2. The Hall–Kier alpha value is -11.1. The van der Waals surface area contributed by atoms with Crippen LogP contribution in [0.3, 0.4) is 0 Å². The van der Waals surface area contributed by atoms with E-state index < -0.39 is 231 Å². The quantitative estimate of drug-likeness (QED) is 0.0149. The molecule has 35 nitrogen and oxygen atoms in total. The van der Waals surface area contributed by atoms with E-state index in [1.54, 1.807) is 68.8 Å². The van der Waals surface area contributed by atoms with Crippen LogP contribution in [0.4, 0.5) is 0 Å². The molecule has 12 atom stereocenters. The van der Waals surface area contributed by atoms with Crippen molar-refractivity contribution in [3.63, 3.8) is 0 Å².